The van der Waals surface area contributed by atoms with Gasteiger partial charge in [0.1, 0.15) is 5.75 Å². The van der Waals surface area contributed by atoms with Gasteiger partial charge in [0.05, 0.1) is 12.7 Å². The average Bonchev–Trinajstić information content (AvgIpc) is 2.68. The number of benzene rings is 2. The molecule has 0 spiro atoms. The van der Waals surface area contributed by atoms with E-state index in [4.69, 9.17) is 4.74 Å². The highest BCUT2D eigenvalue weighted by Gasteiger charge is 2.28. The normalized spacial score (nSPS) is 16.3. The van der Waals surface area contributed by atoms with E-state index in [2.05, 4.69) is 49.3 Å². The number of nitrogens with zero attached hydrogens (tertiary/aromatic N) is 1. The fourth-order valence-corrected chi connectivity index (χ4v) is 4.37. The zero-order valence-corrected chi connectivity index (χ0v) is 17.7. The quantitative estimate of drug-likeness (QED) is 0.700. The maximum Gasteiger partial charge on any atom is 0.119 e. The van der Waals surface area contributed by atoms with E-state index in [1.807, 2.05) is 12.1 Å². The molecule has 3 nitrogen and oxygen atoms in total. The number of rotatable bonds is 8. The average molecular weight is 382 g/mol. The third-order valence-electron chi connectivity index (χ3n) is 5.94. The first kappa shape index (κ1) is 20.9. The molecule has 1 aliphatic rings. The molecule has 3 rings (SSSR count). The van der Waals surface area contributed by atoms with Gasteiger partial charge in [-0.25, -0.2) is 0 Å². The zero-order chi connectivity index (χ0) is 20.0. The minimum Gasteiger partial charge on any atom is -0.497 e. The fraction of sp³-hybridized carbons (Fsp3) is 0.520. The number of aliphatic hydroxyl groups is 1. The lowest BCUT2D eigenvalue weighted by molar-refractivity contribution is -0.00347. The van der Waals surface area contributed by atoms with Crippen LogP contribution in [-0.2, 0) is 19.4 Å². The predicted octanol–water partition coefficient (Wildman–Crippen LogP) is 4.98. The summed E-state index contributed by atoms with van der Waals surface area (Å²) in [5, 5.41) is 10.9. The van der Waals surface area contributed by atoms with Gasteiger partial charge in [0.2, 0.25) is 0 Å². The van der Waals surface area contributed by atoms with Gasteiger partial charge < -0.3 is 14.7 Å². The molecule has 0 atom stereocenters. The van der Waals surface area contributed by atoms with Crippen LogP contribution >= 0.6 is 0 Å². The van der Waals surface area contributed by atoms with E-state index in [0.717, 1.165) is 44.4 Å². The summed E-state index contributed by atoms with van der Waals surface area (Å²) in [5.41, 5.74) is 4.89. The summed E-state index contributed by atoms with van der Waals surface area (Å²) in [6, 6.07) is 15.2. The highest BCUT2D eigenvalue weighted by atomic mass is 16.5. The molecule has 152 valence electrons. The lowest BCUT2D eigenvalue weighted by Gasteiger charge is -2.32. The first-order chi connectivity index (χ1) is 13.5. The zero-order valence-electron chi connectivity index (χ0n) is 17.7. The molecule has 0 aliphatic heterocycles. The summed E-state index contributed by atoms with van der Waals surface area (Å²) in [6.45, 7) is 0.930. The van der Waals surface area contributed by atoms with E-state index in [1.54, 1.807) is 7.11 Å². The van der Waals surface area contributed by atoms with Crippen molar-refractivity contribution in [2.75, 3.05) is 21.2 Å². The van der Waals surface area contributed by atoms with Crippen molar-refractivity contribution >= 4 is 0 Å². The van der Waals surface area contributed by atoms with E-state index < -0.39 is 5.60 Å². The van der Waals surface area contributed by atoms with Gasteiger partial charge in [0.15, 0.2) is 0 Å². The maximum absolute atomic E-state index is 10.9. The van der Waals surface area contributed by atoms with Crippen molar-refractivity contribution in [3.8, 4) is 5.75 Å². The van der Waals surface area contributed by atoms with Gasteiger partial charge in [0, 0.05) is 6.54 Å². The molecule has 1 aliphatic carbocycles. The molecular weight excluding hydrogens is 346 g/mol. The molecule has 1 fully saturated rings. The summed E-state index contributed by atoms with van der Waals surface area (Å²) in [6.07, 6.45) is 8.27. The summed E-state index contributed by atoms with van der Waals surface area (Å²) >= 11 is 0. The van der Waals surface area contributed by atoms with Crippen molar-refractivity contribution in [3.63, 3.8) is 0 Å². The monoisotopic (exact) mass is 381 g/mol. The molecule has 0 radical (unpaired) electrons. The van der Waals surface area contributed by atoms with Crippen molar-refractivity contribution in [1.82, 2.24) is 4.90 Å². The Morgan fingerprint density at radius 2 is 1.71 bits per heavy atom. The minimum absolute atomic E-state index is 0.451. The smallest absolute Gasteiger partial charge is 0.119 e. The molecule has 0 saturated heterocycles. The molecule has 2 aromatic carbocycles. The van der Waals surface area contributed by atoms with Gasteiger partial charge in [0.25, 0.3) is 0 Å². The molecule has 3 heteroatoms. The molecule has 1 N–H and O–H groups in total. The van der Waals surface area contributed by atoms with Crippen LogP contribution in [0.5, 0.6) is 5.75 Å². The van der Waals surface area contributed by atoms with Gasteiger partial charge in [-0.05, 0) is 80.6 Å². The van der Waals surface area contributed by atoms with Gasteiger partial charge in [-0.1, -0.05) is 49.6 Å². The Balaban J connectivity index is 1.74. The molecular formula is C25H35NO2. The van der Waals surface area contributed by atoms with Gasteiger partial charge in [-0.15, -0.1) is 0 Å². The Hall–Kier alpha value is -1.84. The molecule has 28 heavy (non-hydrogen) atoms. The van der Waals surface area contributed by atoms with E-state index >= 15 is 0 Å². The van der Waals surface area contributed by atoms with Crippen LogP contribution in [0.2, 0.25) is 0 Å². The van der Waals surface area contributed by atoms with Crippen molar-refractivity contribution in [1.29, 1.82) is 0 Å². The summed E-state index contributed by atoms with van der Waals surface area (Å²) < 4.78 is 5.36. The Labute approximate surface area is 170 Å². The fourth-order valence-electron chi connectivity index (χ4n) is 4.37. The van der Waals surface area contributed by atoms with Crippen LogP contribution in [0.15, 0.2) is 42.5 Å². The number of hydrogen-bond acceptors (Lipinski definition) is 3. The topological polar surface area (TPSA) is 32.7 Å². The van der Waals surface area contributed by atoms with Crippen LogP contribution in [0.1, 0.15) is 60.8 Å². The first-order valence-electron chi connectivity index (χ1n) is 10.6. The molecule has 0 amide bonds. The number of aryl methyl sites for hydroxylation is 1. The molecule has 0 heterocycles. The second-order valence-electron chi connectivity index (χ2n) is 8.65. The summed E-state index contributed by atoms with van der Waals surface area (Å²) in [4.78, 5) is 2.23. The second kappa shape index (κ2) is 9.58. The highest BCUT2D eigenvalue weighted by molar-refractivity contribution is 5.37. The third-order valence-corrected chi connectivity index (χ3v) is 5.94. The SMILES string of the molecule is COc1cccc(Cc2ccc(CCC3(O)CCCCC3)c(CN(C)C)c2)c1. The second-order valence-corrected chi connectivity index (χ2v) is 8.65. The summed E-state index contributed by atoms with van der Waals surface area (Å²) in [5.74, 6) is 0.906. The predicted molar refractivity (Wildman–Crippen MR) is 116 cm³/mol. The molecule has 0 unspecified atom stereocenters. The van der Waals surface area contributed by atoms with Crippen LogP contribution in [0.4, 0.5) is 0 Å². The van der Waals surface area contributed by atoms with Crippen LogP contribution in [0.3, 0.4) is 0 Å². The lowest BCUT2D eigenvalue weighted by Crippen LogP contribution is -2.32. The molecule has 0 bridgehead atoms. The highest BCUT2D eigenvalue weighted by Crippen LogP contribution is 2.32. The van der Waals surface area contributed by atoms with Crippen LogP contribution in [0, 0.1) is 0 Å². The van der Waals surface area contributed by atoms with Crippen LogP contribution in [0.25, 0.3) is 0 Å². The number of methoxy groups -OCH3 is 1. The van der Waals surface area contributed by atoms with Crippen molar-refractivity contribution in [2.45, 2.75) is 63.5 Å². The lowest BCUT2D eigenvalue weighted by atomic mass is 9.80. The van der Waals surface area contributed by atoms with E-state index in [9.17, 15) is 5.11 Å². The Morgan fingerprint density at radius 3 is 2.43 bits per heavy atom. The minimum atomic E-state index is -0.451. The maximum atomic E-state index is 10.9. The standard InChI is InChI=1S/C25H35NO2/c1-26(2)19-23-17-21(16-20-8-7-9-24(18-20)28-3)10-11-22(23)12-15-25(27)13-5-4-6-14-25/h7-11,17-18,27H,4-6,12-16,19H2,1-3H3. The van der Waals surface area contributed by atoms with E-state index in [-0.39, 0.29) is 0 Å². The van der Waals surface area contributed by atoms with Crippen molar-refractivity contribution < 1.29 is 9.84 Å². The van der Waals surface area contributed by atoms with Crippen molar-refractivity contribution in [3.05, 3.63) is 64.7 Å². The van der Waals surface area contributed by atoms with Gasteiger partial charge in [-0.2, -0.15) is 0 Å². The summed E-state index contributed by atoms with van der Waals surface area (Å²) in [7, 11) is 5.95. The van der Waals surface area contributed by atoms with E-state index in [1.165, 1.54) is 41.5 Å². The number of hydrogen-bond donors (Lipinski definition) is 1. The molecule has 1 saturated carbocycles. The Bertz CT molecular complexity index is 763. The third kappa shape index (κ3) is 5.83. The first-order valence-corrected chi connectivity index (χ1v) is 10.6. The van der Waals surface area contributed by atoms with Crippen LogP contribution in [-0.4, -0.2) is 36.8 Å². The van der Waals surface area contributed by atoms with E-state index in [0.29, 0.717) is 0 Å². The van der Waals surface area contributed by atoms with Gasteiger partial charge >= 0.3 is 0 Å². The van der Waals surface area contributed by atoms with Gasteiger partial charge in [-0.3, -0.25) is 0 Å². The Kier molecular flexibility index (Phi) is 7.14. The van der Waals surface area contributed by atoms with Crippen LogP contribution < -0.4 is 4.74 Å². The Morgan fingerprint density at radius 1 is 0.964 bits per heavy atom. The largest absolute Gasteiger partial charge is 0.497 e. The molecule has 0 aromatic heterocycles. The van der Waals surface area contributed by atoms with Crippen molar-refractivity contribution in [2.24, 2.45) is 0 Å². The molecule has 2 aromatic rings. The number of ether oxygens (including phenoxy) is 1.